The molecule has 0 aliphatic carbocycles. The van der Waals surface area contributed by atoms with Crippen molar-refractivity contribution in [2.45, 2.75) is 0 Å². The lowest BCUT2D eigenvalue weighted by Crippen LogP contribution is -2.12. The van der Waals surface area contributed by atoms with Crippen LogP contribution in [0.5, 0.6) is 0 Å². The van der Waals surface area contributed by atoms with Crippen LogP contribution in [-0.2, 0) is 4.79 Å². The number of carbonyl (C=O) groups excluding carboxylic acids is 1. The van der Waals surface area contributed by atoms with Crippen LogP contribution >= 0.6 is 11.3 Å². The van der Waals surface area contributed by atoms with Crippen LogP contribution in [0.4, 0.5) is 9.52 Å². The minimum Gasteiger partial charge on any atom is -0.300 e. The van der Waals surface area contributed by atoms with E-state index in [1.165, 1.54) is 11.3 Å². The standard InChI is InChI=1S/C5H5FN2OS/c6-3-4(9)8-5-7-1-2-10-5/h1-2H,3H2,(H,7,8,9). The summed E-state index contributed by atoms with van der Waals surface area (Å²) in [5, 5.41) is 4.40. The first kappa shape index (κ1) is 7.14. The molecule has 54 valence electrons. The quantitative estimate of drug-likeness (QED) is 0.702. The van der Waals surface area contributed by atoms with Gasteiger partial charge in [-0.3, -0.25) is 10.1 Å². The van der Waals surface area contributed by atoms with Gasteiger partial charge in [-0.2, -0.15) is 0 Å². The molecule has 0 spiro atoms. The van der Waals surface area contributed by atoms with Crippen molar-refractivity contribution in [2.75, 3.05) is 12.0 Å². The molecule has 1 aromatic heterocycles. The average Bonchev–Trinajstić information content (AvgIpc) is 2.40. The van der Waals surface area contributed by atoms with Crippen molar-refractivity contribution in [3.63, 3.8) is 0 Å². The Kier molecular flexibility index (Phi) is 2.33. The van der Waals surface area contributed by atoms with Crippen molar-refractivity contribution >= 4 is 22.4 Å². The number of aromatic nitrogens is 1. The van der Waals surface area contributed by atoms with Gasteiger partial charge in [0, 0.05) is 11.6 Å². The summed E-state index contributed by atoms with van der Waals surface area (Å²) < 4.78 is 11.5. The highest BCUT2D eigenvalue weighted by Gasteiger charge is 2.00. The summed E-state index contributed by atoms with van der Waals surface area (Å²) in [5.41, 5.74) is 0. The van der Waals surface area contributed by atoms with E-state index in [2.05, 4.69) is 10.3 Å². The molecule has 1 heterocycles. The Labute approximate surface area is 60.9 Å². The molecule has 0 atom stereocenters. The van der Waals surface area contributed by atoms with E-state index in [-0.39, 0.29) is 0 Å². The predicted octanol–water partition coefficient (Wildman–Crippen LogP) is 1.05. The second-order valence-electron chi connectivity index (χ2n) is 1.52. The summed E-state index contributed by atoms with van der Waals surface area (Å²) in [6.07, 6.45) is 1.54. The zero-order chi connectivity index (χ0) is 7.40. The molecule has 0 aliphatic heterocycles. The molecule has 5 heteroatoms. The van der Waals surface area contributed by atoms with Crippen molar-refractivity contribution in [2.24, 2.45) is 0 Å². The van der Waals surface area contributed by atoms with E-state index < -0.39 is 12.6 Å². The van der Waals surface area contributed by atoms with Crippen LogP contribution in [0.1, 0.15) is 0 Å². The number of hydrogen-bond donors (Lipinski definition) is 1. The van der Waals surface area contributed by atoms with E-state index in [0.29, 0.717) is 5.13 Å². The molecule has 0 unspecified atom stereocenters. The summed E-state index contributed by atoms with van der Waals surface area (Å²) in [6, 6.07) is 0. The van der Waals surface area contributed by atoms with Gasteiger partial charge in [0.1, 0.15) is 0 Å². The van der Waals surface area contributed by atoms with E-state index in [0.717, 1.165) is 0 Å². The highest BCUT2D eigenvalue weighted by molar-refractivity contribution is 7.13. The number of nitrogens with zero attached hydrogens (tertiary/aromatic N) is 1. The Morgan fingerprint density at radius 2 is 2.70 bits per heavy atom. The van der Waals surface area contributed by atoms with Gasteiger partial charge in [0.2, 0.25) is 0 Å². The van der Waals surface area contributed by atoms with Crippen molar-refractivity contribution in [3.05, 3.63) is 11.6 Å². The zero-order valence-corrected chi connectivity index (χ0v) is 5.82. The van der Waals surface area contributed by atoms with Gasteiger partial charge in [0.05, 0.1) is 0 Å². The zero-order valence-electron chi connectivity index (χ0n) is 5.00. The number of thiazole rings is 1. The van der Waals surface area contributed by atoms with Crippen LogP contribution in [-0.4, -0.2) is 17.6 Å². The number of anilines is 1. The molecule has 0 aliphatic rings. The first-order valence-corrected chi connectivity index (χ1v) is 3.46. The van der Waals surface area contributed by atoms with Gasteiger partial charge in [-0.15, -0.1) is 11.3 Å². The minimum absolute atomic E-state index is 0.433. The predicted molar refractivity (Wildman–Crippen MR) is 36.7 cm³/mol. The number of halogens is 1. The number of nitrogens with one attached hydrogen (secondary N) is 1. The van der Waals surface area contributed by atoms with E-state index in [4.69, 9.17) is 0 Å². The fourth-order valence-corrected chi connectivity index (χ4v) is 0.983. The van der Waals surface area contributed by atoms with Crippen LogP contribution in [0.2, 0.25) is 0 Å². The summed E-state index contributed by atoms with van der Waals surface area (Å²) in [7, 11) is 0. The number of rotatable bonds is 2. The van der Waals surface area contributed by atoms with Crippen LogP contribution in [0.25, 0.3) is 0 Å². The molecule has 0 radical (unpaired) electrons. The molecule has 0 bridgehead atoms. The maximum absolute atomic E-state index is 11.5. The fourth-order valence-electron chi connectivity index (χ4n) is 0.438. The lowest BCUT2D eigenvalue weighted by molar-refractivity contribution is -0.117. The molecule has 3 nitrogen and oxygen atoms in total. The Bertz CT molecular complexity index is 211. The van der Waals surface area contributed by atoms with Gasteiger partial charge < -0.3 is 0 Å². The number of hydrogen-bond acceptors (Lipinski definition) is 3. The number of alkyl halides is 1. The lowest BCUT2D eigenvalue weighted by Gasteiger charge is -1.93. The second kappa shape index (κ2) is 3.26. The molecule has 0 aromatic carbocycles. The molecule has 0 saturated carbocycles. The highest BCUT2D eigenvalue weighted by atomic mass is 32.1. The van der Waals surface area contributed by atoms with Crippen molar-refractivity contribution in [1.82, 2.24) is 4.98 Å². The van der Waals surface area contributed by atoms with Gasteiger partial charge >= 0.3 is 0 Å². The fraction of sp³-hybridized carbons (Fsp3) is 0.200. The van der Waals surface area contributed by atoms with E-state index >= 15 is 0 Å². The topological polar surface area (TPSA) is 42.0 Å². The van der Waals surface area contributed by atoms with E-state index in [1.54, 1.807) is 11.6 Å². The molecule has 1 amide bonds. The summed E-state index contributed by atoms with van der Waals surface area (Å²) >= 11 is 1.26. The van der Waals surface area contributed by atoms with Crippen LogP contribution < -0.4 is 5.32 Å². The average molecular weight is 160 g/mol. The SMILES string of the molecule is O=C(CF)Nc1nccs1. The molecule has 0 fully saturated rings. The maximum Gasteiger partial charge on any atom is 0.257 e. The highest BCUT2D eigenvalue weighted by Crippen LogP contribution is 2.09. The summed E-state index contributed by atoms with van der Waals surface area (Å²) in [4.78, 5) is 14.1. The van der Waals surface area contributed by atoms with Crippen molar-refractivity contribution < 1.29 is 9.18 Å². The summed E-state index contributed by atoms with van der Waals surface area (Å²) in [5.74, 6) is -0.657. The molecule has 1 aromatic rings. The monoisotopic (exact) mass is 160 g/mol. The largest absolute Gasteiger partial charge is 0.300 e. The van der Waals surface area contributed by atoms with Gasteiger partial charge in [0.15, 0.2) is 11.8 Å². The number of carbonyl (C=O) groups is 1. The third kappa shape index (κ3) is 1.77. The van der Waals surface area contributed by atoms with Gasteiger partial charge in [0.25, 0.3) is 5.91 Å². The molecular weight excluding hydrogens is 155 g/mol. The molecule has 0 saturated heterocycles. The minimum atomic E-state index is -1.00. The Morgan fingerprint density at radius 1 is 1.90 bits per heavy atom. The first-order valence-electron chi connectivity index (χ1n) is 2.58. The number of amides is 1. The maximum atomic E-state index is 11.5. The van der Waals surface area contributed by atoms with E-state index in [9.17, 15) is 9.18 Å². The first-order chi connectivity index (χ1) is 4.83. The van der Waals surface area contributed by atoms with E-state index in [1.807, 2.05) is 0 Å². The second-order valence-corrected chi connectivity index (χ2v) is 2.41. The molecule has 1 N–H and O–H groups in total. The Hall–Kier alpha value is -0.970. The smallest absolute Gasteiger partial charge is 0.257 e. The third-order valence-electron chi connectivity index (χ3n) is 0.800. The Morgan fingerprint density at radius 3 is 3.20 bits per heavy atom. The van der Waals surface area contributed by atoms with Gasteiger partial charge in [-0.05, 0) is 0 Å². The van der Waals surface area contributed by atoms with Crippen molar-refractivity contribution in [1.29, 1.82) is 0 Å². The molecular formula is C5H5FN2OS. The lowest BCUT2D eigenvalue weighted by atomic mass is 10.7. The van der Waals surface area contributed by atoms with Crippen LogP contribution in [0.3, 0.4) is 0 Å². The van der Waals surface area contributed by atoms with Crippen molar-refractivity contribution in [3.8, 4) is 0 Å². The summed E-state index contributed by atoms with van der Waals surface area (Å²) in [6.45, 7) is -1.00. The molecule has 10 heavy (non-hydrogen) atoms. The third-order valence-corrected chi connectivity index (χ3v) is 1.49. The van der Waals surface area contributed by atoms with Gasteiger partial charge in [-0.25, -0.2) is 9.37 Å². The van der Waals surface area contributed by atoms with Crippen LogP contribution in [0, 0.1) is 0 Å². The normalized spacial score (nSPS) is 9.30. The molecule has 1 rings (SSSR count). The van der Waals surface area contributed by atoms with Gasteiger partial charge in [-0.1, -0.05) is 0 Å². The van der Waals surface area contributed by atoms with Crippen LogP contribution in [0.15, 0.2) is 11.6 Å². The Balaban J connectivity index is 2.48.